The molecule has 4 aromatic rings. The van der Waals surface area contributed by atoms with Crippen molar-refractivity contribution < 1.29 is 36.7 Å². The van der Waals surface area contributed by atoms with E-state index in [-0.39, 0.29) is 58.0 Å². The number of anilines is 2. The molecule has 19 heteroatoms. The Kier molecular flexibility index (Phi) is 13.6. The first-order valence-corrected chi connectivity index (χ1v) is 23.8. The summed E-state index contributed by atoms with van der Waals surface area (Å²) in [5.41, 5.74) is 8.21. The quantitative estimate of drug-likeness (QED) is 0.0913. The van der Waals surface area contributed by atoms with Crippen LogP contribution in [0.3, 0.4) is 0 Å². The molecule has 0 atom stereocenters. The summed E-state index contributed by atoms with van der Waals surface area (Å²) in [6.45, 7) is 10.1. The zero-order chi connectivity index (χ0) is 46.1. The Morgan fingerprint density at radius 2 is 1.71 bits per heavy atom. The van der Waals surface area contributed by atoms with Crippen molar-refractivity contribution in [3.63, 3.8) is 0 Å². The molecule has 1 amide bonds. The van der Waals surface area contributed by atoms with Crippen molar-refractivity contribution in [2.45, 2.75) is 62.6 Å². The number of carbonyl (C=O) groups is 1. The smallest absolute Gasteiger partial charge is 0.312 e. The fraction of sp³-hybridized carbons (Fsp3) is 0.435. The van der Waals surface area contributed by atoms with E-state index in [1.807, 2.05) is 16.9 Å². The number of allylic oxidation sites excluding steroid dienone is 1. The van der Waals surface area contributed by atoms with Gasteiger partial charge in [0.1, 0.15) is 29.6 Å². The molecule has 0 bridgehead atoms. The lowest BCUT2D eigenvalue weighted by Crippen LogP contribution is -2.55. The molecule has 0 spiro atoms. The Morgan fingerprint density at radius 3 is 2.37 bits per heavy atom. The van der Waals surface area contributed by atoms with Crippen LogP contribution in [0, 0.1) is 15.5 Å². The number of amides is 1. The maximum absolute atomic E-state index is 15.7. The number of ether oxygens (including phenoxy) is 3. The van der Waals surface area contributed by atoms with Gasteiger partial charge in [-0.3, -0.25) is 24.7 Å². The number of piperazine rings is 1. The number of aromatic nitrogens is 1. The SMILES string of the molecule is CC1(C)CCC(CN2CCN(c3ccc(C(=O)NS(=O)(=O)c4ccc(OCC5(F)CCN(C6COC6)CC5)c([N+](=O)[O-])c4)c(Oc4cnc(N)c(Cl)c4)c3)CC2)=C(c2ccc(Cl)cc2)C1. The van der Waals surface area contributed by atoms with Gasteiger partial charge in [0.25, 0.3) is 15.9 Å². The number of carbonyl (C=O) groups excluding carboxylic acids is 1. The van der Waals surface area contributed by atoms with Gasteiger partial charge in [-0.25, -0.2) is 22.5 Å². The molecule has 65 heavy (non-hydrogen) atoms. The second kappa shape index (κ2) is 19.1. The highest BCUT2D eigenvalue weighted by Gasteiger charge is 2.40. The number of hydrogen-bond acceptors (Lipinski definition) is 13. The molecular weight excluding hydrogens is 901 g/mol. The van der Waals surface area contributed by atoms with Crippen molar-refractivity contribution in [1.29, 1.82) is 0 Å². The summed E-state index contributed by atoms with van der Waals surface area (Å²) in [6, 6.07) is 17.5. The van der Waals surface area contributed by atoms with Crippen LogP contribution in [-0.2, 0) is 14.8 Å². The van der Waals surface area contributed by atoms with Gasteiger partial charge < -0.3 is 24.8 Å². The molecule has 0 saturated carbocycles. The van der Waals surface area contributed by atoms with E-state index in [1.54, 1.807) is 12.1 Å². The summed E-state index contributed by atoms with van der Waals surface area (Å²) in [5, 5.41) is 13.0. The lowest BCUT2D eigenvalue weighted by atomic mass is 9.72. The zero-order valence-corrected chi connectivity index (χ0v) is 38.6. The largest absolute Gasteiger partial charge is 0.483 e. The first-order chi connectivity index (χ1) is 30.9. The van der Waals surface area contributed by atoms with Gasteiger partial charge in [0.2, 0.25) is 0 Å². The van der Waals surface area contributed by atoms with E-state index in [2.05, 4.69) is 45.7 Å². The molecular formula is C46H52Cl2FN7O8S. The predicted molar refractivity (Wildman–Crippen MR) is 247 cm³/mol. The Morgan fingerprint density at radius 1 is 0.985 bits per heavy atom. The fourth-order valence-electron chi connectivity index (χ4n) is 8.73. The maximum Gasteiger partial charge on any atom is 0.312 e. The molecule has 4 aliphatic rings. The lowest BCUT2D eigenvalue weighted by Gasteiger charge is -2.43. The number of nitrogens with zero attached hydrogens (tertiary/aromatic N) is 5. The van der Waals surface area contributed by atoms with Crippen LogP contribution >= 0.6 is 23.2 Å². The highest BCUT2D eigenvalue weighted by atomic mass is 35.5. The molecule has 3 N–H and O–H groups in total. The third-order valence-corrected chi connectivity index (χ3v) is 14.7. The fourth-order valence-corrected chi connectivity index (χ4v) is 10.0. The molecule has 8 rings (SSSR count). The Labute approximate surface area is 387 Å². The summed E-state index contributed by atoms with van der Waals surface area (Å²) < 4.78 is 62.1. The summed E-state index contributed by atoms with van der Waals surface area (Å²) in [7, 11) is -4.70. The van der Waals surface area contributed by atoms with E-state index in [9.17, 15) is 23.3 Å². The average Bonchev–Trinajstić information content (AvgIpc) is 3.25. The number of nitro benzene ring substituents is 1. The summed E-state index contributed by atoms with van der Waals surface area (Å²) in [6.07, 6.45) is 4.78. The number of likely N-dealkylation sites (tertiary alicyclic amines) is 1. The highest BCUT2D eigenvalue weighted by molar-refractivity contribution is 7.90. The number of nitrogens with two attached hydrogens (primary N) is 1. The minimum Gasteiger partial charge on any atom is -0.483 e. The second-order valence-corrected chi connectivity index (χ2v) is 20.5. The lowest BCUT2D eigenvalue weighted by molar-refractivity contribution is -0.386. The number of benzene rings is 3. The van der Waals surface area contributed by atoms with Crippen molar-refractivity contribution in [3.8, 4) is 17.2 Å². The van der Waals surface area contributed by atoms with Gasteiger partial charge in [-0.05, 0) is 85.1 Å². The topological polar surface area (TPSA) is 183 Å². The Balaban J connectivity index is 0.969. The Hall–Kier alpha value is -5.04. The number of piperidine rings is 1. The molecule has 3 fully saturated rings. The predicted octanol–water partition coefficient (Wildman–Crippen LogP) is 8.16. The normalized spacial score (nSPS) is 19.4. The van der Waals surface area contributed by atoms with Crippen molar-refractivity contribution in [3.05, 3.63) is 110 Å². The van der Waals surface area contributed by atoms with Crippen molar-refractivity contribution in [2.75, 3.05) is 76.3 Å². The van der Waals surface area contributed by atoms with E-state index in [0.29, 0.717) is 44.4 Å². The van der Waals surface area contributed by atoms with Crippen LogP contribution in [0.2, 0.25) is 10.0 Å². The van der Waals surface area contributed by atoms with Gasteiger partial charge in [-0.1, -0.05) is 54.8 Å². The van der Waals surface area contributed by atoms with Gasteiger partial charge >= 0.3 is 5.69 Å². The number of nitrogens with one attached hydrogen (secondary N) is 1. The van der Waals surface area contributed by atoms with Gasteiger partial charge in [0, 0.05) is 74.7 Å². The van der Waals surface area contributed by atoms with Crippen LogP contribution < -0.4 is 24.8 Å². The van der Waals surface area contributed by atoms with E-state index < -0.39 is 43.7 Å². The minimum atomic E-state index is -4.70. The molecule has 1 aromatic heterocycles. The summed E-state index contributed by atoms with van der Waals surface area (Å²) in [5.74, 6) is -1.15. The van der Waals surface area contributed by atoms with Crippen LogP contribution in [-0.4, -0.2) is 111 Å². The van der Waals surface area contributed by atoms with E-state index in [4.69, 9.17) is 43.1 Å². The van der Waals surface area contributed by atoms with Crippen molar-refractivity contribution in [1.82, 2.24) is 19.5 Å². The number of pyridine rings is 1. The van der Waals surface area contributed by atoms with Crippen LogP contribution in [0.15, 0.2) is 83.4 Å². The third-order valence-electron chi connectivity index (χ3n) is 12.8. The number of alkyl halides is 1. The van der Waals surface area contributed by atoms with Gasteiger partial charge in [-0.2, -0.15) is 0 Å². The molecule has 346 valence electrons. The molecule has 0 radical (unpaired) electrons. The molecule has 3 saturated heterocycles. The first kappa shape index (κ1) is 46.5. The summed E-state index contributed by atoms with van der Waals surface area (Å²) >= 11 is 12.5. The number of sulfonamides is 1. The summed E-state index contributed by atoms with van der Waals surface area (Å²) in [4.78, 5) is 35.5. The van der Waals surface area contributed by atoms with Crippen molar-refractivity contribution >= 4 is 61.9 Å². The second-order valence-electron chi connectivity index (χ2n) is 18.0. The minimum absolute atomic E-state index is 0.00424. The molecule has 3 aliphatic heterocycles. The molecule has 0 unspecified atom stereocenters. The number of halogens is 3. The molecule has 3 aromatic carbocycles. The Bertz CT molecular complexity index is 2580. The number of nitro groups is 1. The third kappa shape index (κ3) is 11.0. The molecule has 1 aliphatic carbocycles. The first-order valence-electron chi connectivity index (χ1n) is 21.6. The maximum atomic E-state index is 15.7. The van der Waals surface area contributed by atoms with E-state index >= 15 is 4.39 Å². The number of nitrogen functional groups attached to an aromatic ring is 1. The number of rotatable bonds is 14. The van der Waals surface area contributed by atoms with E-state index in [1.165, 1.54) is 35.0 Å². The number of hydrogen-bond donors (Lipinski definition) is 2. The monoisotopic (exact) mass is 951 g/mol. The van der Waals surface area contributed by atoms with Crippen LogP contribution in [0.25, 0.3) is 5.57 Å². The van der Waals surface area contributed by atoms with Crippen LogP contribution in [0.4, 0.5) is 21.6 Å². The highest BCUT2D eigenvalue weighted by Crippen LogP contribution is 2.44. The molecule has 4 heterocycles. The standard InChI is InChI=1S/C46H52Cl2FN7O8S/c1-45(2)12-11-31(38(24-45)30-3-5-32(47)6-4-30)26-53-17-19-55(20-18-53)33-7-9-37(42(21-33)64-35-22-39(48)43(50)51-25-35)44(57)52-65(60,61)36-8-10-41(40(23-36)56(58)59)63-29-46(49)13-15-54(16-14-46)34-27-62-28-34/h3-10,21-23,25,34H,11-20,24,26-29H2,1-2H3,(H2,50,51)(H,52,57). The average molecular weight is 953 g/mol. The molecule has 15 nitrogen and oxygen atoms in total. The van der Waals surface area contributed by atoms with Gasteiger partial charge in [-0.15, -0.1) is 0 Å². The van der Waals surface area contributed by atoms with Gasteiger partial charge in [0.15, 0.2) is 5.75 Å². The zero-order valence-electron chi connectivity index (χ0n) is 36.2. The van der Waals surface area contributed by atoms with Gasteiger partial charge in [0.05, 0.1) is 45.9 Å². The van der Waals surface area contributed by atoms with Crippen molar-refractivity contribution in [2.24, 2.45) is 5.41 Å². The van der Waals surface area contributed by atoms with Crippen LogP contribution in [0.1, 0.15) is 61.9 Å². The van der Waals surface area contributed by atoms with Crippen LogP contribution in [0.5, 0.6) is 17.2 Å². The van der Waals surface area contributed by atoms with E-state index in [0.717, 1.165) is 62.8 Å².